The zero-order valence-electron chi connectivity index (χ0n) is 14.9. The molecular weight excluding hydrogens is 308 g/mol. The van der Waals surface area contributed by atoms with Gasteiger partial charge in [0, 0.05) is 5.70 Å². The molecule has 25 heavy (non-hydrogen) atoms. The van der Waals surface area contributed by atoms with Gasteiger partial charge in [-0.2, -0.15) is 5.10 Å². The van der Waals surface area contributed by atoms with Gasteiger partial charge in [0.1, 0.15) is 0 Å². The van der Waals surface area contributed by atoms with E-state index in [2.05, 4.69) is 47.9 Å². The summed E-state index contributed by atoms with van der Waals surface area (Å²) in [6.07, 6.45) is 2.18. The van der Waals surface area contributed by atoms with Crippen molar-refractivity contribution < 1.29 is 0 Å². The molecule has 0 fully saturated rings. The number of aliphatic imine (C=N–C) groups is 1. The van der Waals surface area contributed by atoms with Crippen molar-refractivity contribution in [2.45, 2.75) is 26.8 Å². The van der Waals surface area contributed by atoms with Crippen LogP contribution in [0, 0.1) is 5.92 Å². The van der Waals surface area contributed by atoms with Crippen LogP contribution in [0.3, 0.4) is 0 Å². The van der Waals surface area contributed by atoms with Gasteiger partial charge in [0.2, 0.25) is 5.96 Å². The normalized spacial score (nSPS) is 17.6. The first-order valence-electron chi connectivity index (χ1n) is 8.61. The predicted molar refractivity (Wildman–Crippen MR) is 105 cm³/mol. The second kappa shape index (κ2) is 7.79. The summed E-state index contributed by atoms with van der Waals surface area (Å²) in [7, 11) is 0. The average molecular weight is 332 g/mol. The van der Waals surface area contributed by atoms with Gasteiger partial charge in [0.25, 0.3) is 0 Å². The monoisotopic (exact) mass is 332 g/mol. The average Bonchev–Trinajstić information content (AvgIpc) is 2.67. The van der Waals surface area contributed by atoms with Crippen LogP contribution < -0.4 is 10.7 Å². The number of nitrogens with zero attached hydrogens (tertiary/aromatic N) is 2. The van der Waals surface area contributed by atoms with Crippen LogP contribution in [0.2, 0.25) is 0 Å². The minimum atomic E-state index is 0.117. The van der Waals surface area contributed by atoms with E-state index in [-0.39, 0.29) is 6.04 Å². The molecule has 128 valence electrons. The second-order valence-corrected chi connectivity index (χ2v) is 6.46. The van der Waals surface area contributed by atoms with Crippen molar-refractivity contribution in [3.05, 3.63) is 77.9 Å². The lowest BCUT2D eigenvalue weighted by molar-refractivity contribution is 0.564. The summed E-state index contributed by atoms with van der Waals surface area (Å²) in [6.45, 7) is 6.34. The molecule has 0 amide bonds. The van der Waals surface area contributed by atoms with Crippen LogP contribution in [0.25, 0.3) is 5.70 Å². The maximum absolute atomic E-state index is 4.73. The highest BCUT2D eigenvalue weighted by Gasteiger charge is 2.18. The van der Waals surface area contributed by atoms with Crippen molar-refractivity contribution in [1.29, 1.82) is 0 Å². The van der Waals surface area contributed by atoms with Crippen molar-refractivity contribution in [2.75, 3.05) is 0 Å². The summed E-state index contributed by atoms with van der Waals surface area (Å²) < 4.78 is 0. The van der Waals surface area contributed by atoms with Crippen molar-refractivity contribution >= 4 is 17.4 Å². The Morgan fingerprint density at radius 1 is 1.04 bits per heavy atom. The first-order chi connectivity index (χ1) is 12.1. The van der Waals surface area contributed by atoms with Crippen molar-refractivity contribution in [2.24, 2.45) is 16.0 Å². The van der Waals surface area contributed by atoms with Gasteiger partial charge in [-0.1, -0.05) is 74.5 Å². The zero-order valence-corrected chi connectivity index (χ0v) is 14.9. The lowest BCUT2D eigenvalue weighted by atomic mass is 10.0. The van der Waals surface area contributed by atoms with Crippen molar-refractivity contribution in [3.63, 3.8) is 0 Å². The number of hydrogen-bond donors (Lipinski definition) is 2. The van der Waals surface area contributed by atoms with Crippen LogP contribution in [0.4, 0.5) is 0 Å². The molecule has 2 aromatic carbocycles. The number of guanidine groups is 1. The quantitative estimate of drug-likeness (QED) is 0.656. The molecule has 2 aromatic rings. The Hall–Kier alpha value is -2.88. The van der Waals surface area contributed by atoms with Gasteiger partial charge in [-0.3, -0.25) is 0 Å². The van der Waals surface area contributed by atoms with Crippen LogP contribution in [0.5, 0.6) is 0 Å². The van der Waals surface area contributed by atoms with Gasteiger partial charge < -0.3 is 5.32 Å². The minimum absolute atomic E-state index is 0.117. The highest BCUT2D eigenvalue weighted by Crippen LogP contribution is 2.20. The standard InChI is InChI=1S/C21H24N4/c1-15(2)19-14-20(18-12-8-5-9-13-18)23-21(22-19)25-24-16(3)17-10-6-4-7-11-17/h4-15,19H,1-3H3,(H2,22,23,25)/b24-16+. The molecule has 4 heteroatoms. The van der Waals surface area contributed by atoms with Gasteiger partial charge >= 0.3 is 0 Å². The van der Waals surface area contributed by atoms with Gasteiger partial charge in [-0.25, -0.2) is 10.4 Å². The van der Waals surface area contributed by atoms with E-state index in [1.165, 1.54) is 0 Å². The summed E-state index contributed by atoms with van der Waals surface area (Å²) in [5.74, 6) is 1.09. The minimum Gasteiger partial charge on any atom is -0.325 e. The summed E-state index contributed by atoms with van der Waals surface area (Å²) in [6, 6.07) is 20.5. The Labute approximate surface area is 149 Å². The molecule has 1 heterocycles. The second-order valence-electron chi connectivity index (χ2n) is 6.46. The van der Waals surface area contributed by atoms with E-state index in [9.17, 15) is 0 Å². The van der Waals surface area contributed by atoms with Crippen molar-refractivity contribution in [1.82, 2.24) is 10.7 Å². The van der Waals surface area contributed by atoms with Gasteiger partial charge in [0.15, 0.2) is 0 Å². The fourth-order valence-electron chi connectivity index (χ4n) is 2.62. The van der Waals surface area contributed by atoms with E-state index in [1.54, 1.807) is 0 Å². The molecule has 0 saturated heterocycles. The molecule has 2 N–H and O–H groups in total. The maximum Gasteiger partial charge on any atom is 0.217 e. The molecule has 1 aliphatic rings. The Morgan fingerprint density at radius 2 is 1.68 bits per heavy atom. The Kier molecular flexibility index (Phi) is 5.29. The SMILES string of the molecule is C/C(=N\NC1=NC(C(C)C)C=C(c2ccccc2)N1)c1ccccc1. The Bertz CT molecular complexity index is 789. The first kappa shape index (κ1) is 17.0. The lowest BCUT2D eigenvalue weighted by Crippen LogP contribution is -2.38. The third-order valence-corrected chi connectivity index (χ3v) is 4.16. The Morgan fingerprint density at radius 3 is 2.32 bits per heavy atom. The van der Waals surface area contributed by atoms with E-state index in [1.807, 2.05) is 55.5 Å². The number of benzene rings is 2. The molecule has 0 radical (unpaired) electrons. The van der Waals surface area contributed by atoms with Crippen LogP contribution in [-0.2, 0) is 0 Å². The number of hydrogen-bond acceptors (Lipinski definition) is 4. The highest BCUT2D eigenvalue weighted by atomic mass is 15.4. The fraction of sp³-hybridized carbons (Fsp3) is 0.238. The number of nitrogens with one attached hydrogen (secondary N) is 2. The van der Waals surface area contributed by atoms with Gasteiger partial charge in [0.05, 0.1) is 11.8 Å². The third-order valence-electron chi connectivity index (χ3n) is 4.16. The topological polar surface area (TPSA) is 48.8 Å². The third kappa shape index (κ3) is 4.35. The summed E-state index contributed by atoms with van der Waals surface area (Å²) >= 11 is 0. The molecule has 0 aromatic heterocycles. The molecule has 1 unspecified atom stereocenters. The van der Waals surface area contributed by atoms with Crippen LogP contribution in [-0.4, -0.2) is 17.7 Å². The lowest BCUT2D eigenvalue weighted by Gasteiger charge is -2.24. The summed E-state index contributed by atoms with van der Waals surface area (Å²) in [4.78, 5) is 4.73. The molecule has 1 atom stereocenters. The molecular formula is C21H24N4. The van der Waals surface area contributed by atoms with Crippen LogP contribution in [0.15, 0.2) is 76.8 Å². The molecule has 4 nitrogen and oxygen atoms in total. The molecule has 3 rings (SSSR count). The van der Waals surface area contributed by atoms with E-state index < -0.39 is 0 Å². The summed E-state index contributed by atoms with van der Waals surface area (Å²) in [5, 5.41) is 7.84. The largest absolute Gasteiger partial charge is 0.325 e. The van der Waals surface area contributed by atoms with Crippen LogP contribution in [0.1, 0.15) is 31.9 Å². The molecule has 0 bridgehead atoms. The predicted octanol–water partition coefficient (Wildman–Crippen LogP) is 4.03. The zero-order chi connectivity index (χ0) is 17.6. The fourth-order valence-corrected chi connectivity index (χ4v) is 2.62. The smallest absolute Gasteiger partial charge is 0.217 e. The van der Waals surface area contributed by atoms with Gasteiger partial charge in [-0.05, 0) is 30.0 Å². The van der Waals surface area contributed by atoms with E-state index in [4.69, 9.17) is 4.99 Å². The molecule has 0 spiro atoms. The van der Waals surface area contributed by atoms with E-state index in [0.717, 1.165) is 22.5 Å². The Balaban J connectivity index is 1.79. The summed E-state index contributed by atoms with van der Waals surface area (Å²) in [5.41, 5.74) is 7.30. The van der Waals surface area contributed by atoms with Crippen LogP contribution >= 0.6 is 0 Å². The van der Waals surface area contributed by atoms with E-state index in [0.29, 0.717) is 11.9 Å². The molecule has 0 saturated carbocycles. The van der Waals surface area contributed by atoms with Crippen molar-refractivity contribution in [3.8, 4) is 0 Å². The highest BCUT2D eigenvalue weighted by molar-refractivity contribution is 6.00. The van der Waals surface area contributed by atoms with Gasteiger partial charge in [-0.15, -0.1) is 0 Å². The maximum atomic E-state index is 4.73. The molecule has 1 aliphatic heterocycles. The number of hydrazone groups is 1. The first-order valence-corrected chi connectivity index (χ1v) is 8.61. The molecule has 0 aliphatic carbocycles. The van der Waals surface area contributed by atoms with E-state index >= 15 is 0 Å². The number of rotatable bonds is 4.